The van der Waals surface area contributed by atoms with Gasteiger partial charge < -0.3 is 9.97 Å². The number of rotatable bonds is 3. The van der Waals surface area contributed by atoms with Crippen molar-refractivity contribution in [3.63, 3.8) is 0 Å². The minimum atomic E-state index is -0.679. The number of aromatic nitrogens is 4. The van der Waals surface area contributed by atoms with Gasteiger partial charge in [0.25, 0.3) is 0 Å². The third-order valence-corrected chi connectivity index (χ3v) is 13.3. The van der Waals surface area contributed by atoms with Crippen molar-refractivity contribution in [2.45, 2.75) is 101 Å². The number of carbonyl (C=O) groups excluding carboxylic acids is 2. The molecule has 3 unspecified atom stereocenters. The fourth-order valence-electron chi connectivity index (χ4n) is 11.1. The van der Waals surface area contributed by atoms with Crippen LogP contribution in [0.3, 0.4) is 0 Å². The molecule has 10 rings (SSSR count). The second-order valence-electron chi connectivity index (χ2n) is 15.3. The number of benzene rings is 2. The van der Waals surface area contributed by atoms with Crippen LogP contribution < -0.4 is 0 Å². The predicted molar refractivity (Wildman–Crippen MR) is 190 cm³/mol. The highest BCUT2D eigenvalue weighted by Crippen LogP contribution is 2.60. The fraction of sp³-hybridized carbons (Fsp3) is 0.429. The van der Waals surface area contributed by atoms with E-state index in [2.05, 4.69) is 81.9 Å². The molecule has 2 saturated heterocycles. The van der Waals surface area contributed by atoms with Gasteiger partial charge in [0.05, 0.1) is 46.4 Å². The summed E-state index contributed by atoms with van der Waals surface area (Å²) < 4.78 is 0. The van der Waals surface area contributed by atoms with E-state index in [0.29, 0.717) is 0 Å². The standard InChI is InChI=1S/C42H42N6O2/c1-25-26(2)32(42-30(24-50)8-4-12-38(42)48-20-6-10-34(48)40-44-22-36(42)46-40)18-17-31(25)27-13-15-28(16-14-27)41-29(23-49)7-3-11-37(41)47-19-5-9-33(47)39-43-21-35(41)45-39/h13-18,21-22,33-34H,3-12,19-20H2,1-2H3,(H,43,45)(H,44,46)/t33?,34?,41?,42-/m1/s1. The van der Waals surface area contributed by atoms with Crippen LogP contribution in [0, 0.1) is 25.9 Å². The van der Waals surface area contributed by atoms with E-state index in [1.54, 1.807) is 0 Å². The average molecular weight is 663 g/mol. The van der Waals surface area contributed by atoms with E-state index in [-0.39, 0.29) is 12.1 Å². The molecule has 6 heterocycles. The lowest BCUT2D eigenvalue weighted by Crippen LogP contribution is -2.48. The molecule has 50 heavy (non-hydrogen) atoms. The minimum absolute atomic E-state index is 0.236. The number of nitrogens with zero attached hydrogens (tertiary/aromatic N) is 4. The Morgan fingerprint density at radius 2 is 1.24 bits per heavy atom. The van der Waals surface area contributed by atoms with Gasteiger partial charge in [-0.2, -0.15) is 0 Å². The first kappa shape index (κ1) is 30.5. The summed E-state index contributed by atoms with van der Waals surface area (Å²) >= 11 is 0. The van der Waals surface area contributed by atoms with Crippen molar-refractivity contribution in [1.29, 1.82) is 0 Å². The van der Waals surface area contributed by atoms with Crippen LogP contribution >= 0.6 is 0 Å². The maximum absolute atomic E-state index is 12.9. The lowest BCUT2D eigenvalue weighted by Gasteiger charge is -2.48. The summed E-state index contributed by atoms with van der Waals surface area (Å²) in [5.74, 6) is 6.91. The molecule has 2 aliphatic carbocycles. The van der Waals surface area contributed by atoms with Crippen LogP contribution in [0.4, 0.5) is 0 Å². The van der Waals surface area contributed by atoms with Gasteiger partial charge in [-0.15, -0.1) is 0 Å². The zero-order valence-electron chi connectivity index (χ0n) is 28.9. The molecule has 0 amide bonds. The molecule has 2 aromatic heterocycles. The molecule has 0 spiro atoms. The van der Waals surface area contributed by atoms with Gasteiger partial charge in [-0.3, -0.25) is 9.80 Å². The Labute approximate surface area is 293 Å². The molecule has 8 heteroatoms. The Bertz CT molecular complexity index is 2130. The lowest BCUT2D eigenvalue weighted by molar-refractivity contribution is 0.199. The first-order valence-corrected chi connectivity index (χ1v) is 18.6. The minimum Gasteiger partial charge on any atom is -0.343 e. The first-order chi connectivity index (χ1) is 24.5. The normalized spacial score (nSPS) is 29.4. The number of imidazole rings is 2. The van der Waals surface area contributed by atoms with Crippen molar-refractivity contribution < 1.29 is 9.59 Å². The number of nitrogens with one attached hydrogen (secondary N) is 2. The molecule has 4 fully saturated rings. The van der Waals surface area contributed by atoms with Crippen LogP contribution in [-0.2, 0) is 20.4 Å². The topological polar surface area (TPSA) is 98.0 Å². The summed E-state index contributed by atoms with van der Waals surface area (Å²) in [7, 11) is 0. The highest BCUT2D eigenvalue weighted by molar-refractivity contribution is 5.75. The maximum Gasteiger partial charge on any atom is 0.124 e. The highest BCUT2D eigenvalue weighted by atomic mass is 16.1. The molecular formula is C42H42N6O2. The largest absolute Gasteiger partial charge is 0.343 e. The van der Waals surface area contributed by atoms with Gasteiger partial charge in [0, 0.05) is 23.5 Å². The van der Waals surface area contributed by atoms with E-state index < -0.39 is 10.8 Å². The molecule has 2 saturated carbocycles. The number of H-pyrrole nitrogens is 2. The summed E-state index contributed by atoms with van der Waals surface area (Å²) in [6, 6.07) is 16.5. The van der Waals surface area contributed by atoms with Gasteiger partial charge >= 0.3 is 0 Å². The molecule has 4 aromatic rings. The van der Waals surface area contributed by atoms with Crippen molar-refractivity contribution in [3.8, 4) is 11.1 Å². The second kappa shape index (κ2) is 11.1. The highest BCUT2D eigenvalue weighted by Gasteiger charge is 2.58. The number of aromatic amines is 2. The molecular weight excluding hydrogens is 621 g/mol. The van der Waals surface area contributed by atoms with Gasteiger partial charge in [-0.1, -0.05) is 36.4 Å². The molecule has 2 radical (unpaired) electrons. The van der Waals surface area contributed by atoms with E-state index in [0.717, 1.165) is 128 Å². The van der Waals surface area contributed by atoms with Gasteiger partial charge in [0.2, 0.25) is 0 Å². The van der Waals surface area contributed by atoms with Crippen molar-refractivity contribution in [3.05, 3.63) is 117 Å². The van der Waals surface area contributed by atoms with Crippen LogP contribution in [-0.4, -0.2) is 54.7 Å². The van der Waals surface area contributed by atoms with Crippen molar-refractivity contribution in [2.24, 2.45) is 0 Å². The van der Waals surface area contributed by atoms with Crippen molar-refractivity contribution in [2.75, 3.05) is 13.1 Å². The Hall–Kier alpha value is -4.32. The van der Waals surface area contributed by atoms with Crippen molar-refractivity contribution >= 4 is 11.9 Å². The SMILES string of the molecule is Cc1c(-c2ccc(C34[C](CCCC3=C=O)N3CCCC3c3ncc4[nH]3)cc2)ccc([C@]23[C](CCCC2=C=O)N2CCCC2c2ncc3[nH]2)c1C. The number of hydrogen-bond donors (Lipinski definition) is 2. The van der Waals surface area contributed by atoms with Crippen LogP contribution in [0.5, 0.6) is 0 Å². The van der Waals surface area contributed by atoms with Crippen molar-refractivity contribution in [1.82, 2.24) is 29.7 Å². The zero-order chi connectivity index (χ0) is 33.8. The third kappa shape index (κ3) is 3.80. The van der Waals surface area contributed by atoms with E-state index in [1.807, 2.05) is 12.4 Å². The monoisotopic (exact) mass is 662 g/mol. The molecule has 8 nitrogen and oxygen atoms in total. The van der Waals surface area contributed by atoms with E-state index in [1.165, 1.54) is 28.8 Å². The summed E-state index contributed by atoms with van der Waals surface area (Å²) in [6.07, 6.45) is 13.7. The molecule has 6 aliphatic rings. The van der Waals surface area contributed by atoms with Crippen LogP contribution in [0.2, 0.25) is 0 Å². The zero-order valence-corrected chi connectivity index (χ0v) is 28.9. The Morgan fingerprint density at radius 1 is 0.680 bits per heavy atom. The van der Waals surface area contributed by atoms with Gasteiger partial charge in [-0.25, -0.2) is 19.6 Å². The molecule has 252 valence electrons. The first-order valence-electron chi connectivity index (χ1n) is 18.6. The second-order valence-corrected chi connectivity index (χ2v) is 15.3. The summed E-state index contributed by atoms with van der Waals surface area (Å²) in [4.78, 5) is 47.8. The third-order valence-electron chi connectivity index (χ3n) is 13.3. The molecule has 4 atom stereocenters. The van der Waals surface area contributed by atoms with E-state index in [9.17, 15) is 9.59 Å². The molecule has 2 aromatic carbocycles. The summed E-state index contributed by atoms with van der Waals surface area (Å²) in [5, 5.41) is 0. The number of fused-ring (bicyclic) bond motifs is 14. The number of hydrogen-bond acceptors (Lipinski definition) is 6. The Morgan fingerprint density at radius 3 is 1.84 bits per heavy atom. The quantitative estimate of drug-likeness (QED) is 0.225. The van der Waals surface area contributed by atoms with Crippen LogP contribution in [0.25, 0.3) is 11.1 Å². The van der Waals surface area contributed by atoms with Gasteiger partial charge in [0.1, 0.15) is 23.5 Å². The predicted octanol–water partition coefficient (Wildman–Crippen LogP) is 7.24. The fourth-order valence-corrected chi connectivity index (χ4v) is 11.1. The average Bonchev–Trinajstić information content (AvgIpc) is 3.97. The lowest BCUT2D eigenvalue weighted by atomic mass is 9.59. The van der Waals surface area contributed by atoms with Crippen LogP contribution in [0.15, 0.2) is 59.9 Å². The van der Waals surface area contributed by atoms with Crippen LogP contribution in [0.1, 0.15) is 122 Å². The van der Waals surface area contributed by atoms with E-state index >= 15 is 0 Å². The van der Waals surface area contributed by atoms with Gasteiger partial charge in [0.15, 0.2) is 0 Å². The summed E-state index contributed by atoms with van der Waals surface area (Å²) in [6.45, 7) is 6.41. The Kier molecular flexibility index (Phi) is 6.76. The maximum atomic E-state index is 12.9. The molecule has 2 N–H and O–H groups in total. The smallest absolute Gasteiger partial charge is 0.124 e. The molecule has 4 aliphatic heterocycles. The van der Waals surface area contributed by atoms with Gasteiger partial charge in [-0.05, 0) is 125 Å². The van der Waals surface area contributed by atoms with E-state index in [4.69, 9.17) is 9.97 Å². The Balaban J connectivity index is 1.09. The summed E-state index contributed by atoms with van der Waals surface area (Å²) in [5.41, 5.74) is 9.18. The molecule has 4 bridgehead atoms.